The summed E-state index contributed by atoms with van der Waals surface area (Å²) in [6.45, 7) is 2.63. The molecule has 0 bridgehead atoms. The monoisotopic (exact) mass is 444 g/mol. The van der Waals surface area contributed by atoms with Gasteiger partial charge in [0.15, 0.2) is 0 Å². The number of nitrogens with one attached hydrogen (secondary N) is 3. The van der Waals surface area contributed by atoms with E-state index in [-0.39, 0.29) is 24.3 Å². The van der Waals surface area contributed by atoms with Gasteiger partial charge in [-0.05, 0) is 61.0 Å². The van der Waals surface area contributed by atoms with Gasteiger partial charge < -0.3 is 20.9 Å². The Morgan fingerprint density at radius 2 is 1.55 bits per heavy atom. The molecule has 3 N–H and O–H groups in total. The molecule has 3 amide bonds. The molecule has 7 heteroatoms. The summed E-state index contributed by atoms with van der Waals surface area (Å²) in [4.78, 5) is 38.7. The number of benzene rings is 3. The van der Waals surface area contributed by atoms with Crippen LogP contribution >= 0.6 is 0 Å². The first-order valence-corrected chi connectivity index (χ1v) is 10.8. The first-order valence-electron chi connectivity index (χ1n) is 10.8. The number of hydrogen-bond donors (Lipinski definition) is 3. The minimum Gasteiger partial charge on any atom is -0.376 e. The van der Waals surface area contributed by atoms with Crippen molar-refractivity contribution in [3.63, 3.8) is 0 Å². The quantitative estimate of drug-likeness (QED) is 0.462. The maximum Gasteiger partial charge on any atom is 0.258 e. The Bertz CT molecular complexity index is 1100. The maximum absolute atomic E-state index is 12.7. The zero-order chi connectivity index (χ0) is 23.6. The number of carbonyl (C=O) groups is 3. The summed E-state index contributed by atoms with van der Waals surface area (Å²) in [5.74, 6) is -0.531. The van der Waals surface area contributed by atoms with Gasteiger partial charge in [-0.1, -0.05) is 31.2 Å². The van der Waals surface area contributed by atoms with Gasteiger partial charge in [0.25, 0.3) is 11.8 Å². The lowest BCUT2D eigenvalue weighted by atomic mass is 10.1. The van der Waals surface area contributed by atoms with Crippen molar-refractivity contribution in [2.24, 2.45) is 0 Å². The summed E-state index contributed by atoms with van der Waals surface area (Å²) in [5, 5.41) is 8.64. The third kappa shape index (κ3) is 6.67. The highest BCUT2D eigenvalue weighted by atomic mass is 16.2. The fourth-order valence-electron chi connectivity index (χ4n) is 3.16. The Hall–Kier alpha value is -4.13. The van der Waals surface area contributed by atoms with E-state index < -0.39 is 0 Å². The average Bonchev–Trinajstić information content (AvgIpc) is 2.86. The third-order valence-corrected chi connectivity index (χ3v) is 4.98. The van der Waals surface area contributed by atoms with Crippen LogP contribution in [-0.4, -0.2) is 37.9 Å². The zero-order valence-electron chi connectivity index (χ0n) is 18.8. The van der Waals surface area contributed by atoms with E-state index >= 15 is 0 Å². The maximum atomic E-state index is 12.7. The van der Waals surface area contributed by atoms with Crippen molar-refractivity contribution in [3.05, 3.63) is 90.0 Å². The lowest BCUT2D eigenvalue weighted by molar-refractivity contribution is -0.114. The number of anilines is 3. The summed E-state index contributed by atoms with van der Waals surface area (Å²) >= 11 is 0. The molecule has 0 heterocycles. The molecule has 0 radical (unpaired) electrons. The molecular weight excluding hydrogens is 416 g/mol. The minimum atomic E-state index is -0.245. The topological polar surface area (TPSA) is 90.5 Å². The normalized spacial score (nSPS) is 10.2. The third-order valence-electron chi connectivity index (χ3n) is 4.98. The molecule has 0 saturated carbocycles. The van der Waals surface area contributed by atoms with E-state index in [0.717, 1.165) is 17.8 Å². The van der Waals surface area contributed by atoms with Gasteiger partial charge in [-0.3, -0.25) is 14.4 Å². The average molecular weight is 445 g/mol. The first kappa shape index (κ1) is 23.5. The van der Waals surface area contributed by atoms with Crippen LogP contribution in [0, 0.1) is 0 Å². The van der Waals surface area contributed by atoms with Gasteiger partial charge in [-0.2, -0.15) is 0 Å². The van der Waals surface area contributed by atoms with Crippen LogP contribution in [0.25, 0.3) is 0 Å². The van der Waals surface area contributed by atoms with Crippen LogP contribution in [-0.2, 0) is 4.79 Å². The summed E-state index contributed by atoms with van der Waals surface area (Å²) in [6, 6.07) is 23.2. The van der Waals surface area contributed by atoms with Gasteiger partial charge >= 0.3 is 0 Å². The molecule has 0 fully saturated rings. The van der Waals surface area contributed by atoms with Crippen LogP contribution in [0.2, 0.25) is 0 Å². The predicted molar refractivity (Wildman–Crippen MR) is 132 cm³/mol. The fraction of sp³-hybridized carbons (Fsp3) is 0.192. The Morgan fingerprint density at radius 1 is 0.818 bits per heavy atom. The van der Waals surface area contributed by atoms with Gasteiger partial charge in [0.05, 0.1) is 6.54 Å². The van der Waals surface area contributed by atoms with Crippen molar-refractivity contribution in [1.82, 2.24) is 5.32 Å². The van der Waals surface area contributed by atoms with Crippen molar-refractivity contribution in [2.75, 3.05) is 35.7 Å². The number of hydrogen-bond acceptors (Lipinski definition) is 4. The number of carbonyl (C=O) groups excluding carboxylic acids is 3. The highest BCUT2D eigenvalue weighted by molar-refractivity contribution is 6.06. The smallest absolute Gasteiger partial charge is 0.258 e. The molecule has 0 saturated heterocycles. The summed E-state index contributed by atoms with van der Waals surface area (Å²) in [6.07, 6.45) is 0.854. The minimum absolute atomic E-state index is 0.0451. The Morgan fingerprint density at radius 3 is 2.24 bits per heavy atom. The molecule has 0 aliphatic rings. The second kappa shape index (κ2) is 11.5. The molecule has 3 aromatic rings. The number of amides is 3. The van der Waals surface area contributed by atoms with E-state index in [4.69, 9.17) is 0 Å². The van der Waals surface area contributed by atoms with Crippen LogP contribution in [0.3, 0.4) is 0 Å². The van der Waals surface area contributed by atoms with E-state index in [2.05, 4.69) is 16.0 Å². The molecule has 0 atom stereocenters. The van der Waals surface area contributed by atoms with Crippen LogP contribution in [0.15, 0.2) is 78.9 Å². The number of para-hydroxylation sites is 1. The van der Waals surface area contributed by atoms with Gasteiger partial charge in [0.1, 0.15) is 0 Å². The van der Waals surface area contributed by atoms with Gasteiger partial charge in [0.2, 0.25) is 5.91 Å². The van der Waals surface area contributed by atoms with E-state index in [1.165, 1.54) is 0 Å². The van der Waals surface area contributed by atoms with E-state index in [1.54, 1.807) is 60.5 Å². The number of rotatable bonds is 9. The SMILES string of the molecule is CCCNC(=O)c1cccc(NC(=O)CNc2ccc(C(=O)N(C)c3ccccc3)cc2)c1. The molecule has 170 valence electrons. The first-order chi connectivity index (χ1) is 16.0. The predicted octanol–water partition coefficient (Wildman–Crippen LogP) is 4.15. The Labute approximate surface area is 193 Å². The second-order valence-corrected chi connectivity index (χ2v) is 7.52. The molecule has 7 nitrogen and oxygen atoms in total. The van der Waals surface area contributed by atoms with E-state index in [9.17, 15) is 14.4 Å². The zero-order valence-corrected chi connectivity index (χ0v) is 18.8. The molecule has 0 aromatic heterocycles. The van der Waals surface area contributed by atoms with E-state index in [1.807, 2.05) is 37.3 Å². The summed E-state index contributed by atoms with van der Waals surface area (Å²) in [5.41, 5.74) is 3.13. The van der Waals surface area contributed by atoms with Crippen molar-refractivity contribution >= 4 is 34.8 Å². The lowest BCUT2D eigenvalue weighted by Crippen LogP contribution is -2.26. The standard InChI is InChI=1S/C26H28N4O3/c1-3-16-27-25(32)20-8-7-9-22(17-20)29-24(31)18-28-21-14-12-19(13-15-21)26(33)30(2)23-10-5-4-6-11-23/h4-15,17,28H,3,16,18H2,1-2H3,(H,27,32)(H,29,31). The molecule has 0 unspecified atom stereocenters. The molecule has 0 aliphatic carbocycles. The van der Waals surface area contributed by atoms with Crippen molar-refractivity contribution in [2.45, 2.75) is 13.3 Å². The molecule has 3 rings (SSSR count). The highest BCUT2D eigenvalue weighted by Crippen LogP contribution is 2.17. The molecular formula is C26H28N4O3. The molecule has 0 aliphatic heterocycles. The summed E-state index contributed by atoms with van der Waals surface area (Å²) in [7, 11) is 1.73. The van der Waals surface area contributed by atoms with Crippen LogP contribution in [0.5, 0.6) is 0 Å². The van der Waals surface area contributed by atoms with Crippen molar-refractivity contribution in [1.29, 1.82) is 0 Å². The Balaban J connectivity index is 1.53. The fourth-order valence-corrected chi connectivity index (χ4v) is 3.16. The molecule has 33 heavy (non-hydrogen) atoms. The molecule has 0 spiro atoms. The van der Waals surface area contributed by atoms with Crippen LogP contribution in [0.4, 0.5) is 17.1 Å². The van der Waals surface area contributed by atoms with Crippen LogP contribution < -0.4 is 20.9 Å². The van der Waals surface area contributed by atoms with E-state index in [0.29, 0.717) is 23.4 Å². The highest BCUT2D eigenvalue weighted by Gasteiger charge is 2.13. The second-order valence-electron chi connectivity index (χ2n) is 7.52. The van der Waals surface area contributed by atoms with Gasteiger partial charge in [-0.15, -0.1) is 0 Å². The van der Waals surface area contributed by atoms with Crippen LogP contribution in [0.1, 0.15) is 34.1 Å². The largest absolute Gasteiger partial charge is 0.376 e. The Kier molecular flexibility index (Phi) is 8.18. The van der Waals surface area contributed by atoms with Crippen molar-refractivity contribution < 1.29 is 14.4 Å². The van der Waals surface area contributed by atoms with Gasteiger partial charge in [-0.25, -0.2) is 0 Å². The molecule has 3 aromatic carbocycles. The number of nitrogens with zero attached hydrogens (tertiary/aromatic N) is 1. The lowest BCUT2D eigenvalue weighted by Gasteiger charge is -2.17. The van der Waals surface area contributed by atoms with Gasteiger partial charge in [0, 0.05) is 41.8 Å². The van der Waals surface area contributed by atoms with Crippen molar-refractivity contribution in [3.8, 4) is 0 Å². The summed E-state index contributed by atoms with van der Waals surface area (Å²) < 4.78 is 0.